The first-order chi connectivity index (χ1) is 14.0. The molecule has 4 rings (SSSR count). The summed E-state index contributed by atoms with van der Waals surface area (Å²) >= 11 is 0. The van der Waals surface area contributed by atoms with E-state index in [1.165, 1.54) is 6.42 Å². The van der Waals surface area contributed by atoms with Crippen LogP contribution in [0.2, 0.25) is 0 Å². The molecular weight excluding hydrogens is 362 g/mol. The maximum Gasteiger partial charge on any atom is 0.256 e. The highest BCUT2D eigenvalue weighted by molar-refractivity contribution is 6.07. The molecule has 2 unspecified atom stereocenters. The highest BCUT2D eigenvalue weighted by Gasteiger charge is 2.40. The molecule has 2 aromatic rings. The molecule has 2 amide bonds. The summed E-state index contributed by atoms with van der Waals surface area (Å²) in [7, 11) is 0. The molecule has 2 saturated carbocycles. The van der Waals surface area contributed by atoms with Crippen molar-refractivity contribution in [3.63, 3.8) is 0 Å². The molecule has 5 nitrogen and oxygen atoms in total. The summed E-state index contributed by atoms with van der Waals surface area (Å²) in [6.07, 6.45) is 5.24. The Bertz CT molecular complexity index is 882. The van der Waals surface area contributed by atoms with Gasteiger partial charge >= 0.3 is 0 Å². The molecule has 2 bridgehead atoms. The van der Waals surface area contributed by atoms with Gasteiger partial charge in [-0.3, -0.25) is 9.59 Å². The van der Waals surface area contributed by atoms with Crippen molar-refractivity contribution < 1.29 is 9.59 Å². The molecule has 0 saturated heterocycles. The molecule has 2 aliphatic carbocycles. The van der Waals surface area contributed by atoms with Gasteiger partial charge in [0.25, 0.3) is 5.91 Å². The van der Waals surface area contributed by atoms with Crippen molar-refractivity contribution in [3.05, 3.63) is 59.7 Å². The number of nitrogens with two attached hydrogens (primary N) is 1. The second-order valence-corrected chi connectivity index (χ2v) is 8.48. The van der Waals surface area contributed by atoms with Crippen molar-refractivity contribution in [2.24, 2.45) is 23.5 Å². The monoisotopic (exact) mass is 391 g/mol. The van der Waals surface area contributed by atoms with E-state index in [0.717, 1.165) is 36.9 Å². The van der Waals surface area contributed by atoms with Gasteiger partial charge in [0.05, 0.1) is 0 Å². The van der Waals surface area contributed by atoms with Crippen LogP contribution in [0.5, 0.6) is 0 Å². The zero-order valence-corrected chi connectivity index (χ0v) is 16.9. The van der Waals surface area contributed by atoms with Gasteiger partial charge in [-0.05, 0) is 74.3 Å². The molecule has 152 valence electrons. The molecule has 0 spiro atoms. The lowest BCUT2D eigenvalue weighted by molar-refractivity contribution is -0.122. The predicted molar refractivity (Wildman–Crippen MR) is 116 cm³/mol. The van der Waals surface area contributed by atoms with E-state index in [1.807, 2.05) is 49.4 Å². The Hall–Kier alpha value is -2.66. The number of hydrogen-bond acceptors (Lipinski definition) is 3. The van der Waals surface area contributed by atoms with Crippen LogP contribution in [0, 0.1) is 24.7 Å². The third-order valence-electron chi connectivity index (χ3n) is 6.65. The maximum absolute atomic E-state index is 13.0. The van der Waals surface area contributed by atoms with E-state index in [9.17, 15) is 9.59 Å². The van der Waals surface area contributed by atoms with Crippen LogP contribution in [0.3, 0.4) is 0 Å². The molecule has 29 heavy (non-hydrogen) atoms. The van der Waals surface area contributed by atoms with Crippen molar-refractivity contribution in [2.45, 2.75) is 45.1 Å². The van der Waals surface area contributed by atoms with Gasteiger partial charge in [-0.2, -0.15) is 0 Å². The summed E-state index contributed by atoms with van der Waals surface area (Å²) in [5.41, 5.74) is 9.16. The average Bonchev–Trinajstić information content (AvgIpc) is 2.70. The van der Waals surface area contributed by atoms with Crippen LogP contribution < -0.4 is 16.4 Å². The Balaban J connectivity index is 1.46. The van der Waals surface area contributed by atoms with Crippen molar-refractivity contribution in [2.75, 3.05) is 10.6 Å². The molecule has 0 radical (unpaired) electrons. The summed E-state index contributed by atoms with van der Waals surface area (Å²) < 4.78 is 0. The molecule has 2 aliphatic rings. The van der Waals surface area contributed by atoms with Gasteiger partial charge in [-0.15, -0.1) is 0 Å². The van der Waals surface area contributed by atoms with Crippen LogP contribution in [-0.2, 0) is 4.79 Å². The van der Waals surface area contributed by atoms with Crippen molar-refractivity contribution in [3.8, 4) is 0 Å². The van der Waals surface area contributed by atoms with E-state index in [2.05, 4.69) is 10.6 Å². The predicted octanol–water partition coefficient (Wildman–Crippen LogP) is 4.34. The molecule has 0 aromatic heterocycles. The van der Waals surface area contributed by atoms with Gasteiger partial charge in [0.2, 0.25) is 5.91 Å². The fourth-order valence-electron chi connectivity index (χ4n) is 4.97. The van der Waals surface area contributed by atoms with E-state index in [0.29, 0.717) is 23.1 Å². The smallest absolute Gasteiger partial charge is 0.256 e. The fraction of sp³-hybridized carbons (Fsp3) is 0.417. The van der Waals surface area contributed by atoms with Crippen LogP contribution in [0.15, 0.2) is 48.5 Å². The van der Waals surface area contributed by atoms with E-state index in [1.54, 1.807) is 6.07 Å². The van der Waals surface area contributed by atoms with Crippen molar-refractivity contribution >= 4 is 23.2 Å². The van der Waals surface area contributed by atoms with Gasteiger partial charge in [-0.1, -0.05) is 30.7 Å². The van der Waals surface area contributed by atoms with Crippen molar-refractivity contribution in [1.82, 2.24) is 0 Å². The lowest BCUT2D eigenvalue weighted by Gasteiger charge is -2.43. The molecular formula is C24H29N3O2. The normalized spacial score (nSPS) is 25.9. The first-order valence-electron chi connectivity index (χ1n) is 10.6. The van der Waals surface area contributed by atoms with Gasteiger partial charge in [0, 0.05) is 28.9 Å². The van der Waals surface area contributed by atoms with E-state index in [4.69, 9.17) is 5.73 Å². The Kier molecular flexibility index (Phi) is 5.67. The van der Waals surface area contributed by atoms with Crippen LogP contribution in [0.4, 0.5) is 11.4 Å². The van der Waals surface area contributed by atoms with Crippen molar-refractivity contribution in [1.29, 1.82) is 0 Å². The molecule has 2 atom stereocenters. The van der Waals surface area contributed by atoms with E-state index >= 15 is 0 Å². The number of fused-ring (bicyclic) bond motifs is 2. The van der Waals surface area contributed by atoms with Gasteiger partial charge in [-0.25, -0.2) is 0 Å². The molecule has 2 aromatic carbocycles. The SMILES string of the molecule is Cc1c(NC(=O)C2CC3CCCC(C2)C3N)cccc1C(=O)Nc1ccccc1. The minimum atomic E-state index is -0.178. The second kappa shape index (κ2) is 8.37. The number of para-hydroxylation sites is 1. The Labute approximate surface area is 172 Å². The topological polar surface area (TPSA) is 84.2 Å². The summed E-state index contributed by atoms with van der Waals surface area (Å²) in [5.74, 6) is 0.802. The standard InChI is InChI=1S/C24H29N3O2/c1-15-20(24(29)26-19-9-3-2-4-10-19)11-6-12-21(15)27-23(28)18-13-16-7-5-8-17(14-18)22(16)25/h2-4,6,9-12,16-18,22H,5,7-8,13-14,25H2,1H3,(H,26,29)(H,27,28). The Morgan fingerprint density at radius 2 is 1.62 bits per heavy atom. The second-order valence-electron chi connectivity index (χ2n) is 8.48. The maximum atomic E-state index is 13.0. The Morgan fingerprint density at radius 3 is 2.31 bits per heavy atom. The Morgan fingerprint density at radius 1 is 0.931 bits per heavy atom. The fourth-order valence-corrected chi connectivity index (χ4v) is 4.97. The average molecular weight is 392 g/mol. The highest BCUT2D eigenvalue weighted by atomic mass is 16.2. The summed E-state index contributed by atoms with van der Waals surface area (Å²) in [6.45, 7) is 1.88. The molecule has 2 fully saturated rings. The van der Waals surface area contributed by atoms with Crippen LogP contribution >= 0.6 is 0 Å². The molecule has 0 aliphatic heterocycles. The number of carbonyl (C=O) groups is 2. The molecule has 0 heterocycles. The number of rotatable bonds is 4. The van der Waals surface area contributed by atoms with Crippen LogP contribution in [0.25, 0.3) is 0 Å². The van der Waals surface area contributed by atoms with E-state index in [-0.39, 0.29) is 23.8 Å². The first kappa shape index (κ1) is 19.6. The third kappa shape index (κ3) is 4.20. The van der Waals surface area contributed by atoms with Crippen LogP contribution in [0.1, 0.15) is 48.0 Å². The number of hydrogen-bond donors (Lipinski definition) is 3. The molecule has 5 heteroatoms. The number of nitrogens with one attached hydrogen (secondary N) is 2. The van der Waals surface area contributed by atoms with Gasteiger partial charge < -0.3 is 16.4 Å². The zero-order valence-electron chi connectivity index (χ0n) is 16.9. The number of carbonyl (C=O) groups excluding carboxylic acids is 2. The minimum Gasteiger partial charge on any atom is -0.327 e. The number of anilines is 2. The van der Waals surface area contributed by atoms with Gasteiger partial charge in [0.1, 0.15) is 0 Å². The first-order valence-corrected chi connectivity index (χ1v) is 10.6. The highest BCUT2D eigenvalue weighted by Crippen LogP contribution is 2.42. The van der Waals surface area contributed by atoms with Crippen LogP contribution in [-0.4, -0.2) is 17.9 Å². The summed E-state index contributed by atoms with van der Waals surface area (Å²) in [6, 6.07) is 15.1. The third-order valence-corrected chi connectivity index (χ3v) is 6.65. The lowest BCUT2D eigenvalue weighted by atomic mass is 9.65. The number of amides is 2. The number of benzene rings is 2. The zero-order chi connectivity index (χ0) is 20.4. The summed E-state index contributed by atoms with van der Waals surface area (Å²) in [4.78, 5) is 25.7. The largest absolute Gasteiger partial charge is 0.327 e. The molecule has 4 N–H and O–H groups in total. The minimum absolute atomic E-state index is 0.00583. The van der Waals surface area contributed by atoms with Gasteiger partial charge in [0.15, 0.2) is 0 Å². The lowest BCUT2D eigenvalue weighted by Crippen LogP contribution is -2.48. The summed E-state index contributed by atoms with van der Waals surface area (Å²) in [5, 5.41) is 5.99. The van der Waals surface area contributed by atoms with E-state index < -0.39 is 0 Å². The quantitative estimate of drug-likeness (QED) is 0.725.